The number of carbonyl (C=O) groups excluding carboxylic acids is 1. The van der Waals surface area contributed by atoms with E-state index >= 15 is 0 Å². The molecule has 0 saturated heterocycles. The molecule has 0 saturated carbocycles. The number of carbonyl (C=O) groups is 1. The Labute approximate surface area is 155 Å². The summed E-state index contributed by atoms with van der Waals surface area (Å²) < 4.78 is 6.77. The fourth-order valence-corrected chi connectivity index (χ4v) is 2.59. The van der Waals surface area contributed by atoms with Crippen LogP contribution in [0.5, 0.6) is 5.75 Å². The summed E-state index contributed by atoms with van der Waals surface area (Å²) in [6, 6.07) is 7.17. The molecule has 2 heterocycles. The second-order valence-electron chi connectivity index (χ2n) is 6.29. The molecule has 3 aromatic rings. The largest absolute Gasteiger partial charge is 0.497 e. The highest BCUT2D eigenvalue weighted by Gasteiger charge is 2.12. The summed E-state index contributed by atoms with van der Waals surface area (Å²) in [4.78, 5) is 31.3. The normalized spacial score (nSPS) is 11.0. The molecule has 0 spiro atoms. The Morgan fingerprint density at radius 1 is 1.30 bits per heavy atom. The van der Waals surface area contributed by atoms with Crippen LogP contribution in [0, 0.1) is 0 Å². The molecular weight excluding hydrogens is 348 g/mol. The van der Waals surface area contributed by atoms with Crippen molar-refractivity contribution in [3.63, 3.8) is 0 Å². The summed E-state index contributed by atoms with van der Waals surface area (Å²) >= 11 is 0. The highest BCUT2D eigenvalue weighted by molar-refractivity contribution is 5.91. The maximum Gasteiger partial charge on any atom is 0.263 e. The SMILES string of the molecule is COc1ccc(NC(=O)CCNc2nc3c(cnn3C(C)C)c(=O)[nH]2)cc1. The highest BCUT2D eigenvalue weighted by Crippen LogP contribution is 2.15. The van der Waals surface area contributed by atoms with Crippen molar-refractivity contribution >= 4 is 28.6 Å². The predicted molar refractivity (Wildman–Crippen MR) is 103 cm³/mol. The van der Waals surface area contributed by atoms with E-state index in [4.69, 9.17) is 4.74 Å². The summed E-state index contributed by atoms with van der Waals surface area (Å²) in [5.74, 6) is 0.885. The van der Waals surface area contributed by atoms with E-state index in [-0.39, 0.29) is 23.9 Å². The molecule has 0 unspecified atom stereocenters. The predicted octanol–water partition coefficient (Wildman–Crippen LogP) is 2.15. The fourth-order valence-electron chi connectivity index (χ4n) is 2.59. The zero-order chi connectivity index (χ0) is 19.4. The monoisotopic (exact) mass is 370 g/mol. The van der Waals surface area contributed by atoms with Crippen molar-refractivity contribution < 1.29 is 9.53 Å². The number of rotatable bonds is 7. The number of benzene rings is 1. The van der Waals surface area contributed by atoms with E-state index < -0.39 is 0 Å². The minimum absolute atomic E-state index is 0.0833. The van der Waals surface area contributed by atoms with Crippen LogP contribution in [0.25, 0.3) is 11.0 Å². The van der Waals surface area contributed by atoms with Gasteiger partial charge in [0.25, 0.3) is 5.56 Å². The summed E-state index contributed by atoms with van der Waals surface area (Å²) in [6.07, 6.45) is 1.73. The van der Waals surface area contributed by atoms with Crippen molar-refractivity contribution in [3.05, 3.63) is 40.8 Å². The van der Waals surface area contributed by atoms with E-state index in [1.165, 1.54) is 6.20 Å². The van der Waals surface area contributed by atoms with E-state index in [9.17, 15) is 9.59 Å². The zero-order valence-electron chi connectivity index (χ0n) is 15.4. The highest BCUT2D eigenvalue weighted by atomic mass is 16.5. The maximum absolute atomic E-state index is 12.1. The Morgan fingerprint density at radius 3 is 2.70 bits per heavy atom. The van der Waals surface area contributed by atoms with Gasteiger partial charge in [-0.25, -0.2) is 4.68 Å². The number of anilines is 2. The lowest BCUT2D eigenvalue weighted by Crippen LogP contribution is -2.19. The van der Waals surface area contributed by atoms with Crippen LogP contribution in [0.1, 0.15) is 26.3 Å². The van der Waals surface area contributed by atoms with Crippen LogP contribution < -0.4 is 20.9 Å². The second-order valence-corrected chi connectivity index (χ2v) is 6.29. The molecule has 27 heavy (non-hydrogen) atoms. The number of hydrogen-bond donors (Lipinski definition) is 3. The second kappa shape index (κ2) is 7.90. The molecule has 0 atom stereocenters. The molecule has 0 bridgehead atoms. The van der Waals surface area contributed by atoms with Gasteiger partial charge in [-0.15, -0.1) is 0 Å². The molecule has 0 aliphatic rings. The number of aromatic amines is 1. The lowest BCUT2D eigenvalue weighted by atomic mass is 10.3. The molecule has 3 N–H and O–H groups in total. The number of aromatic nitrogens is 4. The summed E-state index contributed by atoms with van der Waals surface area (Å²) in [7, 11) is 1.59. The Hall–Kier alpha value is -3.36. The molecule has 9 nitrogen and oxygen atoms in total. The Kier molecular flexibility index (Phi) is 5.39. The molecule has 1 aromatic carbocycles. The summed E-state index contributed by atoms with van der Waals surface area (Å²) in [6.45, 7) is 4.25. The van der Waals surface area contributed by atoms with Gasteiger partial charge >= 0.3 is 0 Å². The van der Waals surface area contributed by atoms with Crippen LogP contribution in [-0.2, 0) is 4.79 Å². The van der Waals surface area contributed by atoms with E-state index in [1.807, 2.05) is 13.8 Å². The van der Waals surface area contributed by atoms with E-state index in [1.54, 1.807) is 36.1 Å². The van der Waals surface area contributed by atoms with Gasteiger partial charge < -0.3 is 15.4 Å². The van der Waals surface area contributed by atoms with Gasteiger partial charge in [-0.1, -0.05) is 0 Å². The van der Waals surface area contributed by atoms with Gasteiger partial charge in [0.05, 0.1) is 13.3 Å². The minimum atomic E-state index is -0.267. The molecule has 0 radical (unpaired) electrons. The molecule has 142 valence electrons. The first-order chi connectivity index (χ1) is 13.0. The lowest BCUT2D eigenvalue weighted by molar-refractivity contribution is -0.115. The third-order valence-corrected chi connectivity index (χ3v) is 3.97. The maximum atomic E-state index is 12.1. The van der Waals surface area contributed by atoms with Crippen LogP contribution >= 0.6 is 0 Å². The average Bonchev–Trinajstić information content (AvgIpc) is 3.07. The minimum Gasteiger partial charge on any atom is -0.497 e. The number of H-pyrrole nitrogens is 1. The average molecular weight is 370 g/mol. The number of ether oxygens (including phenoxy) is 1. The van der Waals surface area contributed by atoms with Gasteiger partial charge in [0.2, 0.25) is 11.9 Å². The van der Waals surface area contributed by atoms with Crippen molar-refractivity contribution in [2.24, 2.45) is 0 Å². The zero-order valence-corrected chi connectivity index (χ0v) is 15.4. The van der Waals surface area contributed by atoms with Crippen molar-refractivity contribution in [3.8, 4) is 5.75 Å². The lowest BCUT2D eigenvalue weighted by Gasteiger charge is -2.09. The van der Waals surface area contributed by atoms with Crippen LogP contribution in [-0.4, -0.2) is 39.3 Å². The Balaban J connectivity index is 1.60. The van der Waals surface area contributed by atoms with Gasteiger partial charge in [0, 0.05) is 24.7 Å². The smallest absolute Gasteiger partial charge is 0.263 e. The molecule has 2 aromatic heterocycles. The molecule has 0 fully saturated rings. The van der Waals surface area contributed by atoms with Gasteiger partial charge in [-0.3, -0.25) is 14.6 Å². The summed E-state index contributed by atoms with van der Waals surface area (Å²) in [5.41, 5.74) is 0.936. The van der Waals surface area contributed by atoms with E-state index in [2.05, 4.69) is 25.7 Å². The van der Waals surface area contributed by atoms with Gasteiger partial charge in [0.15, 0.2) is 5.65 Å². The standard InChI is InChI=1S/C18H22N6O3/c1-11(2)24-16-14(10-20-24)17(26)23-18(22-16)19-9-8-15(25)21-12-4-6-13(27-3)7-5-12/h4-7,10-11H,8-9H2,1-3H3,(H,21,25)(H2,19,22,23,26). The first kappa shape index (κ1) is 18.4. The van der Waals surface area contributed by atoms with Crippen molar-refractivity contribution in [1.82, 2.24) is 19.7 Å². The van der Waals surface area contributed by atoms with Crippen LogP contribution in [0.15, 0.2) is 35.3 Å². The first-order valence-electron chi connectivity index (χ1n) is 8.63. The van der Waals surface area contributed by atoms with Gasteiger partial charge in [-0.05, 0) is 38.1 Å². The molecule has 1 amide bonds. The van der Waals surface area contributed by atoms with E-state index in [0.717, 1.165) is 5.75 Å². The van der Waals surface area contributed by atoms with Crippen LogP contribution in [0.2, 0.25) is 0 Å². The van der Waals surface area contributed by atoms with Crippen molar-refractivity contribution in [2.45, 2.75) is 26.3 Å². The van der Waals surface area contributed by atoms with E-state index in [0.29, 0.717) is 29.2 Å². The Bertz CT molecular complexity index is 990. The number of nitrogens with one attached hydrogen (secondary N) is 3. The number of methoxy groups -OCH3 is 1. The first-order valence-corrected chi connectivity index (χ1v) is 8.63. The third kappa shape index (κ3) is 4.25. The van der Waals surface area contributed by atoms with Crippen molar-refractivity contribution in [2.75, 3.05) is 24.3 Å². The van der Waals surface area contributed by atoms with Gasteiger partial charge in [-0.2, -0.15) is 10.1 Å². The number of hydrogen-bond acceptors (Lipinski definition) is 6. The molecular formula is C18H22N6O3. The molecule has 3 rings (SSSR count). The van der Waals surface area contributed by atoms with Crippen LogP contribution in [0.3, 0.4) is 0 Å². The molecule has 0 aliphatic heterocycles. The fraction of sp³-hybridized carbons (Fsp3) is 0.333. The quantitative estimate of drug-likeness (QED) is 0.587. The van der Waals surface area contributed by atoms with Crippen molar-refractivity contribution in [1.29, 1.82) is 0 Å². The number of amides is 1. The van der Waals surface area contributed by atoms with Gasteiger partial charge in [0.1, 0.15) is 11.1 Å². The third-order valence-electron chi connectivity index (χ3n) is 3.97. The Morgan fingerprint density at radius 2 is 2.04 bits per heavy atom. The number of nitrogens with zero attached hydrogens (tertiary/aromatic N) is 3. The number of fused-ring (bicyclic) bond motifs is 1. The molecule has 0 aliphatic carbocycles. The molecule has 9 heteroatoms. The van der Waals surface area contributed by atoms with Crippen LogP contribution in [0.4, 0.5) is 11.6 Å². The topological polar surface area (TPSA) is 114 Å². The summed E-state index contributed by atoms with van der Waals surface area (Å²) in [5, 5.41) is 10.4.